The fourth-order valence-corrected chi connectivity index (χ4v) is 5.25. The predicted molar refractivity (Wildman–Crippen MR) is 152 cm³/mol. The largest absolute Gasteiger partial charge is 0.371 e. The van der Waals surface area contributed by atoms with Crippen molar-refractivity contribution < 1.29 is 9.18 Å². The molecule has 2 fully saturated rings. The minimum atomic E-state index is -0.455. The molecule has 0 saturated carbocycles. The average molecular weight is 531 g/mol. The van der Waals surface area contributed by atoms with Gasteiger partial charge in [-0.1, -0.05) is 6.08 Å². The Bertz CT molecular complexity index is 1280. The number of carbonyl (C=O) groups is 1. The van der Waals surface area contributed by atoms with Crippen LogP contribution in [0.1, 0.15) is 36.0 Å². The van der Waals surface area contributed by atoms with Crippen LogP contribution in [0.5, 0.6) is 0 Å². The van der Waals surface area contributed by atoms with Gasteiger partial charge in [0.05, 0.1) is 6.20 Å². The molecule has 0 atom stereocenters. The van der Waals surface area contributed by atoms with Crippen LogP contribution in [0, 0.1) is 11.2 Å². The average Bonchev–Trinajstić information content (AvgIpc) is 2.96. The van der Waals surface area contributed by atoms with Crippen LogP contribution in [0.4, 0.5) is 33.3 Å². The number of likely N-dealkylation sites (tertiary alicyclic amines) is 1. The Balaban J connectivity index is 1.26. The van der Waals surface area contributed by atoms with Crippen molar-refractivity contribution in [2.24, 2.45) is 5.41 Å². The monoisotopic (exact) mass is 530 g/mol. The first-order chi connectivity index (χ1) is 18.9. The second-order valence-electron chi connectivity index (χ2n) is 10.4. The molecule has 2 aromatic heterocycles. The number of benzene rings is 1. The summed E-state index contributed by atoms with van der Waals surface area (Å²) in [5.41, 5.74) is 2.79. The number of aromatic nitrogens is 3. The van der Waals surface area contributed by atoms with E-state index in [1.54, 1.807) is 6.08 Å². The maximum atomic E-state index is 13.3. The molecule has 3 N–H and O–H groups in total. The van der Waals surface area contributed by atoms with Gasteiger partial charge in [-0.15, -0.1) is 6.58 Å². The number of nitrogens with one attached hydrogen (secondary N) is 3. The van der Waals surface area contributed by atoms with E-state index in [-0.39, 0.29) is 17.3 Å². The highest BCUT2D eigenvalue weighted by molar-refractivity contribution is 5.99. The Morgan fingerprint density at radius 2 is 1.72 bits per heavy atom. The van der Waals surface area contributed by atoms with Crippen molar-refractivity contribution in [2.45, 2.75) is 25.7 Å². The number of anilines is 5. The van der Waals surface area contributed by atoms with Gasteiger partial charge in [-0.25, -0.2) is 14.4 Å². The molecule has 4 heterocycles. The number of piperidine rings is 2. The third-order valence-corrected chi connectivity index (χ3v) is 7.77. The summed E-state index contributed by atoms with van der Waals surface area (Å²) in [6.45, 7) is 8.51. The number of rotatable bonds is 8. The molecule has 3 aromatic rings. The van der Waals surface area contributed by atoms with Crippen molar-refractivity contribution >= 4 is 34.9 Å². The number of halogens is 1. The molecule has 204 valence electrons. The summed E-state index contributed by atoms with van der Waals surface area (Å²) in [7, 11) is 2.22. The molecule has 1 spiro atoms. The van der Waals surface area contributed by atoms with Crippen LogP contribution in [0.15, 0.2) is 61.4 Å². The summed E-state index contributed by atoms with van der Waals surface area (Å²) in [5.74, 6) is 0.102. The minimum Gasteiger partial charge on any atom is -0.371 e. The first-order valence-corrected chi connectivity index (χ1v) is 13.4. The normalized spacial score (nSPS) is 17.0. The van der Waals surface area contributed by atoms with E-state index in [0.29, 0.717) is 23.7 Å². The summed E-state index contributed by atoms with van der Waals surface area (Å²) in [5, 5.41) is 8.94. The van der Waals surface area contributed by atoms with Gasteiger partial charge in [-0.2, -0.15) is 4.98 Å². The Morgan fingerprint density at radius 1 is 1.00 bits per heavy atom. The third kappa shape index (κ3) is 6.51. The minimum absolute atomic E-state index is 0.233. The van der Waals surface area contributed by atoms with Crippen LogP contribution < -0.4 is 20.9 Å². The molecule has 39 heavy (non-hydrogen) atoms. The Morgan fingerprint density at radius 3 is 2.38 bits per heavy atom. The highest BCUT2D eigenvalue weighted by atomic mass is 19.1. The Hall–Kier alpha value is -4.05. The van der Waals surface area contributed by atoms with Gasteiger partial charge in [0, 0.05) is 37.2 Å². The van der Waals surface area contributed by atoms with Crippen LogP contribution in [0.2, 0.25) is 0 Å². The number of hydrogen-bond donors (Lipinski definition) is 3. The van der Waals surface area contributed by atoms with E-state index in [9.17, 15) is 9.18 Å². The number of pyridine rings is 1. The molecular weight excluding hydrogens is 495 g/mol. The zero-order valence-electron chi connectivity index (χ0n) is 22.3. The van der Waals surface area contributed by atoms with E-state index in [1.165, 1.54) is 62.8 Å². The molecule has 2 aliphatic rings. The molecule has 5 rings (SSSR count). The molecule has 0 aliphatic carbocycles. The molecular formula is C29H35FN8O. The number of hydrogen-bond acceptors (Lipinski definition) is 8. The van der Waals surface area contributed by atoms with Crippen molar-refractivity contribution in [3.05, 3.63) is 72.8 Å². The van der Waals surface area contributed by atoms with E-state index in [2.05, 4.69) is 66.5 Å². The van der Waals surface area contributed by atoms with E-state index >= 15 is 0 Å². The summed E-state index contributed by atoms with van der Waals surface area (Å²) in [6.07, 6.45) is 9.24. The second-order valence-corrected chi connectivity index (χ2v) is 10.4. The van der Waals surface area contributed by atoms with Crippen LogP contribution in [0.3, 0.4) is 0 Å². The Kier molecular flexibility index (Phi) is 8.02. The maximum absolute atomic E-state index is 13.3. The van der Waals surface area contributed by atoms with E-state index in [0.717, 1.165) is 25.0 Å². The van der Waals surface area contributed by atoms with E-state index in [1.807, 2.05) is 12.1 Å². The van der Waals surface area contributed by atoms with Crippen molar-refractivity contribution in [3.8, 4) is 0 Å². The first-order valence-electron chi connectivity index (χ1n) is 13.4. The van der Waals surface area contributed by atoms with Crippen molar-refractivity contribution in [1.82, 2.24) is 25.2 Å². The van der Waals surface area contributed by atoms with Gasteiger partial charge < -0.3 is 25.8 Å². The summed E-state index contributed by atoms with van der Waals surface area (Å²) in [4.78, 5) is 30.4. The lowest BCUT2D eigenvalue weighted by Crippen LogP contribution is -2.46. The third-order valence-electron chi connectivity index (χ3n) is 7.77. The molecule has 2 saturated heterocycles. The van der Waals surface area contributed by atoms with Gasteiger partial charge in [0.1, 0.15) is 23.0 Å². The zero-order valence-corrected chi connectivity index (χ0v) is 22.3. The van der Waals surface area contributed by atoms with E-state index in [4.69, 9.17) is 0 Å². The smallest absolute Gasteiger partial charge is 0.256 e. The van der Waals surface area contributed by atoms with Gasteiger partial charge in [-0.3, -0.25) is 4.79 Å². The van der Waals surface area contributed by atoms with Crippen LogP contribution >= 0.6 is 0 Å². The molecule has 0 unspecified atom stereocenters. The van der Waals surface area contributed by atoms with Crippen LogP contribution in [0.25, 0.3) is 0 Å². The predicted octanol–water partition coefficient (Wildman–Crippen LogP) is 4.73. The molecule has 9 nitrogen and oxygen atoms in total. The lowest BCUT2D eigenvalue weighted by Gasteiger charge is -2.46. The Labute approximate surface area is 228 Å². The van der Waals surface area contributed by atoms with E-state index < -0.39 is 5.82 Å². The quantitative estimate of drug-likeness (QED) is 0.360. The van der Waals surface area contributed by atoms with Crippen LogP contribution in [-0.4, -0.2) is 65.5 Å². The summed E-state index contributed by atoms with van der Waals surface area (Å²) < 4.78 is 13.3. The second kappa shape index (κ2) is 11.8. The standard InChI is InChI=1S/C29H35FN8O/c1-3-14-31-27(39)24-20-33-28(36-26(24)35-25-9-4-21(30)19-32-25)34-22-5-7-23(8-6-22)38-17-12-29(13-18-38)10-15-37(2)16-11-29/h3-9,19-20H,1,10-18H2,2H3,(H,31,39)(H2,32,33,34,35,36). The van der Waals surface area contributed by atoms with Crippen molar-refractivity contribution in [3.63, 3.8) is 0 Å². The van der Waals surface area contributed by atoms with Gasteiger partial charge >= 0.3 is 0 Å². The fraction of sp³-hybridized carbons (Fsp3) is 0.379. The topological polar surface area (TPSA) is 98.3 Å². The van der Waals surface area contributed by atoms with Gasteiger partial charge in [0.15, 0.2) is 0 Å². The maximum Gasteiger partial charge on any atom is 0.256 e. The van der Waals surface area contributed by atoms with Crippen LogP contribution in [-0.2, 0) is 0 Å². The summed E-state index contributed by atoms with van der Waals surface area (Å²) >= 11 is 0. The molecule has 10 heteroatoms. The molecule has 2 aliphatic heterocycles. The lowest BCUT2D eigenvalue weighted by atomic mass is 9.71. The summed E-state index contributed by atoms with van der Waals surface area (Å²) in [6, 6.07) is 11.0. The molecule has 0 bridgehead atoms. The SMILES string of the molecule is C=CCNC(=O)c1cnc(Nc2ccc(N3CCC4(CCN(C)CC4)CC3)cc2)nc1Nc1ccc(F)cn1. The first kappa shape index (κ1) is 26.6. The highest BCUT2D eigenvalue weighted by Gasteiger charge is 2.36. The number of amides is 1. The lowest BCUT2D eigenvalue weighted by molar-refractivity contribution is 0.0944. The van der Waals surface area contributed by atoms with Gasteiger partial charge in [0.25, 0.3) is 5.91 Å². The zero-order chi connectivity index (χ0) is 27.2. The van der Waals surface area contributed by atoms with Crippen molar-refractivity contribution in [2.75, 3.05) is 55.3 Å². The van der Waals surface area contributed by atoms with Gasteiger partial charge in [-0.05, 0) is 87.6 Å². The van der Waals surface area contributed by atoms with Gasteiger partial charge in [0.2, 0.25) is 5.95 Å². The number of nitrogens with zero attached hydrogens (tertiary/aromatic N) is 5. The molecule has 1 aromatic carbocycles. The number of carbonyl (C=O) groups excluding carboxylic acids is 1. The molecule has 1 amide bonds. The fourth-order valence-electron chi connectivity index (χ4n) is 5.25. The molecule has 0 radical (unpaired) electrons. The highest BCUT2D eigenvalue weighted by Crippen LogP contribution is 2.42. The van der Waals surface area contributed by atoms with Crippen molar-refractivity contribution in [1.29, 1.82) is 0 Å².